The van der Waals surface area contributed by atoms with Crippen LogP contribution >= 0.6 is 0 Å². The second-order valence-corrected chi connectivity index (χ2v) is 10.1. The van der Waals surface area contributed by atoms with Crippen LogP contribution < -0.4 is 4.90 Å². The highest BCUT2D eigenvalue weighted by atomic mass is 15.3. The van der Waals surface area contributed by atoms with E-state index in [4.69, 9.17) is 4.98 Å². The SMILES string of the molecule is CC1(C)c2ccccc2N(c2ncnc(-n3c4ccc(C#N)cc4c4cc(C#N)ccc43)n2)c2ccccc21. The van der Waals surface area contributed by atoms with Gasteiger partial charge in [0, 0.05) is 16.2 Å². The smallest absolute Gasteiger partial charge is 0.239 e. The van der Waals surface area contributed by atoms with Gasteiger partial charge >= 0.3 is 0 Å². The summed E-state index contributed by atoms with van der Waals surface area (Å²) in [5.41, 5.74) is 7.02. The van der Waals surface area contributed by atoms with E-state index in [1.807, 2.05) is 41.0 Å². The number of nitrogens with zero attached hydrogens (tertiary/aromatic N) is 7. The van der Waals surface area contributed by atoms with Crippen LogP contribution in [0.5, 0.6) is 0 Å². The summed E-state index contributed by atoms with van der Waals surface area (Å²) in [6.07, 6.45) is 1.54. The van der Waals surface area contributed by atoms with Gasteiger partial charge in [-0.2, -0.15) is 15.5 Å². The Kier molecular flexibility index (Phi) is 4.79. The van der Waals surface area contributed by atoms with Crippen molar-refractivity contribution in [3.8, 4) is 18.1 Å². The predicted molar refractivity (Wildman–Crippen MR) is 150 cm³/mol. The molecule has 7 rings (SSSR count). The van der Waals surface area contributed by atoms with E-state index in [1.54, 1.807) is 12.1 Å². The second kappa shape index (κ2) is 8.24. The van der Waals surface area contributed by atoms with Gasteiger partial charge in [0.15, 0.2) is 0 Å². The van der Waals surface area contributed by atoms with Crippen LogP contribution in [0, 0.1) is 22.7 Å². The molecule has 1 aliphatic rings. The molecule has 0 bridgehead atoms. The molecule has 0 saturated heterocycles. The normalized spacial score (nSPS) is 13.5. The summed E-state index contributed by atoms with van der Waals surface area (Å²) in [7, 11) is 0. The Hall–Kier alpha value is -5.53. The van der Waals surface area contributed by atoms with E-state index in [9.17, 15) is 10.5 Å². The van der Waals surface area contributed by atoms with Crippen LogP contribution in [0.2, 0.25) is 0 Å². The number of hydrogen-bond donors (Lipinski definition) is 0. The van der Waals surface area contributed by atoms with E-state index in [-0.39, 0.29) is 5.41 Å². The molecule has 0 fully saturated rings. The first kappa shape index (κ1) is 22.7. The second-order valence-electron chi connectivity index (χ2n) is 10.1. The third-order valence-electron chi connectivity index (χ3n) is 7.61. The fourth-order valence-electron chi connectivity index (χ4n) is 5.76. The van der Waals surface area contributed by atoms with Crippen molar-refractivity contribution in [2.45, 2.75) is 19.3 Å². The molecule has 0 unspecified atom stereocenters. The standard InChI is InChI=1S/C32H21N7/c1-32(2)24-7-3-5-9-28(24)39(29-10-6-4-8-25(29)32)31-36-19-35-30(37-31)38-26-13-11-20(17-33)15-22(26)23-16-21(18-34)12-14-27(23)38/h3-16,19H,1-2H3. The topological polar surface area (TPSA) is 94.4 Å². The van der Waals surface area contributed by atoms with Crippen molar-refractivity contribution in [3.05, 3.63) is 114 Å². The zero-order chi connectivity index (χ0) is 26.7. The summed E-state index contributed by atoms with van der Waals surface area (Å²) in [6.45, 7) is 4.48. The van der Waals surface area contributed by atoms with Gasteiger partial charge in [0.05, 0.1) is 45.7 Å². The first-order chi connectivity index (χ1) is 19.0. The van der Waals surface area contributed by atoms with Gasteiger partial charge < -0.3 is 0 Å². The van der Waals surface area contributed by atoms with Crippen molar-refractivity contribution in [3.63, 3.8) is 0 Å². The Balaban J connectivity index is 1.49. The van der Waals surface area contributed by atoms with Crippen LogP contribution in [0.4, 0.5) is 17.3 Å². The number of nitriles is 2. The average Bonchev–Trinajstić information content (AvgIpc) is 3.30. The maximum absolute atomic E-state index is 9.52. The third kappa shape index (κ3) is 3.24. The minimum atomic E-state index is -0.191. The van der Waals surface area contributed by atoms with Crippen molar-refractivity contribution in [2.75, 3.05) is 4.90 Å². The van der Waals surface area contributed by atoms with Gasteiger partial charge in [0.25, 0.3) is 0 Å². The lowest BCUT2D eigenvalue weighted by molar-refractivity contribution is 0.630. The van der Waals surface area contributed by atoms with Crippen LogP contribution in [0.15, 0.2) is 91.3 Å². The summed E-state index contributed by atoms with van der Waals surface area (Å²) in [6, 6.07) is 32.2. The van der Waals surface area contributed by atoms with E-state index in [1.165, 1.54) is 17.5 Å². The van der Waals surface area contributed by atoms with Gasteiger partial charge in [-0.3, -0.25) is 9.47 Å². The molecule has 0 atom stereocenters. The molecule has 0 amide bonds. The minimum absolute atomic E-state index is 0.191. The minimum Gasteiger partial charge on any atom is -0.278 e. The van der Waals surface area contributed by atoms with Crippen molar-refractivity contribution in [1.82, 2.24) is 19.5 Å². The molecule has 0 N–H and O–H groups in total. The number of anilines is 3. The fourth-order valence-corrected chi connectivity index (χ4v) is 5.76. The Morgan fingerprint density at radius 2 is 1.18 bits per heavy atom. The molecule has 7 heteroatoms. The van der Waals surface area contributed by atoms with Crippen LogP contribution in [0.1, 0.15) is 36.1 Å². The van der Waals surface area contributed by atoms with Crippen molar-refractivity contribution in [2.24, 2.45) is 0 Å². The van der Waals surface area contributed by atoms with Gasteiger partial charge in [-0.25, -0.2) is 9.97 Å². The first-order valence-corrected chi connectivity index (χ1v) is 12.6. The third-order valence-corrected chi connectivity index (χ3v) is 7.61. The van der Waals surface area contributed by atoms with Crippen LogP contribution in [0.25, 0.3) is 27.8 Å². The van der Waals surface area contributed by atoms with Gasteiger partial charge in [-0.15, -0.1) is 0 Å². The van der Waals surface area contributed by atoms with Crippen LogP contribution in [-0.2, 0) is 5.41 Å². The zero-order valence-corrected chi connectivity index (χ0v) is 21.3. The maximum atomic E-state index is 9.52. The summed E-state index contributed by atoms with van der Waals surface area (Å²) in [4.78, 5) is 16.3. The Labute approximate surface area is 224 Å². The largest absolute Gasteiger partial charge is 0.278 e. The summed E-state index contributed by atoms with van der Waals surface area (Å²) >= 11 is 0. The molecule has 0 saturated carbocycles. The highest BCUT2D eigenvalue weighted by Gasteiger charge is 2.37. The molecule has 0 radical (unpaired) electrons. The molecule has 7 nitrogen and oxygen atoms in total. The molecule has 6 aromatic rings. The van der Waals surface area contributed by atoms with Crippen LogP contribution in [0.3, 0.4) is 0 Å². The van der Waals surface area contributed by atoms with E-state index in [2.05, 4.69) is 77.3 Å². The lowest BCUT2D eigenvalue weighted by Gasteiger charge is -2.40. The number of fused-ring (bicyclic) bond motifs is 5. The summed E-state index contributed by atoms with van der Waals surface area (Å²) < 4.78 is 1.96. The van der Waals surface area contributed by atoms with Gasteiger partial charge in [-0.1, -0.05) is 50.2 Å². The van der Waals surface area contributed by atoms with Gasteiger partial charge in [-0.05, 0) is 59.7 Å². The molecule has 3 heterocycles. The summed E-state index contributed by atoms with van der Waals surface area (Å²) in [5.74, 6) is 0.960. The number of benzene rings is 4. The highest BCUT2D eigenvalue weighted by molar-refractivity contribution is 6.09. The average molecular weight is 504 g/mol. The molecule has 1 aliphatic heterocycles. The van der Waals surface area contributed by atoms with Crippen LogP contribution in [-0.4, -0.2) is 19.5 Å². The Morgan fingerprint density at radius 3 is 1.72 bits per heavy atom. The van der Waals surface area contributed by atoms with Crippen molar-refractivity contribution >= 4 is 39.1 Å². The molecule has 2 aromatic heterocycles. The zero-order valence-electron chi connectivity index (χ0n) is 21.3. The Morgan fingerprint density at radius 1 is 0.667 bits per heavy atom. The van der Waals surface area contributed by atoms with Crippen molar-refractivity contribution in [1.29, 1.82) is 10.5 Å². The van der Waals surface area contributed by atoms with Gasteiger partial charge in [0.1, 0.15) is 6.33 Å². The quantitative estimate of drug-likeness (QED) is 0.257. The number of aromatic nitrogens is 4. The predicted octanol–water partition coefficient (Wildman–Crippen LogP) is 6.82. The summed E-state index contributed by atoms with van der Waals surface area (Å²) in [5, 5.41) is 20.8. The fraction of sp³-hybridized carbons (Fsp3) is 0.0938. The Bertz CT molecular complexity index is 1920. The molecule has 184 valence electrons. The molecular weight excluding hydrogens is 482 g/mol. The molecule has 0 aliphatic carbocycles. The number of rotatable bonds is 2. The maximum Gasteiger partial charge on any atom is 0.239 e. The van der Waals surface area contributed by atoms with Gasteiger partial charge in [0.2, 0.25) is 11.9 Å². The van der Waals surface area contributed by atoms with E-state index in [0.29, 0.717) is 23.0 Å². The molecule has 4 aromatic carbocycles. The number of hydrogen-bond acceptors (Lipinski definition) is 6. The molecule has 0 spiro atoms. The lowest BCUT2D eigenvalue weighted by Crippen LogP contribution is -2.31. The monoisotopic (exact) mass is 503 g/mol. The van der Waals surface area contributed by atoms with E-state index < -0.39 is 0 Å². The van der Waals surface area contributed by atoms with E-state index >= 15 is 0 Å². The van der Waals surface area contributed by atoms with E-state index in [0.717, 1.165) is 33.2 Å². The molecular formula is C32H21N7. The van der Waals surface area contributed by atoms with Crippen molar-refractivity contribution < 1.29 is 0 Å². The lowest BCUT2D eigenvalue weighted by atomic mass is 9.74. The molecule has 39 heavy (non-hydrogen) atoms. The first-order valence-electron chi connectivity index (χ1n) is 12.6. The number of para-hydroxylation sites is 2. The highest BCUT2D eigenvalue weighted by Crippen LogP contribution is 2.50.